The highest BCUT2D eigenvalue weighted by Gasteiger charge is 2.20. The zero-order valence-corrected chi connectivity index (χ0v) is 13.7. The van der Waals surface area contributed by atoms with Crippen molar-refractivity contribution in [2.75, 3.05) is 0 Å². The second-order valence-electron chi connectivity index (χ2n) is 6.50. The number of carbonyl (C=O) groups excluding carboxylic acids is 1. The number of ether oxygens (including phenoxy) is 1. The summed E-state index contributed by atoms with van der Waals surface area (Å²) in [7, 11) is 0. The number of hydrogen-bond donors (Lipinski definition) is 0. The Kier molecular flexibility index (Phi) is 4.70. The third-order valence-electron chi connectivity index (χ3n) is 4.54. The van der Waals surface area contributed by atoms with Crippen LogP contribution in [0.25, 0.3) is 0 Å². The summed E-state index contributed by atoms with van der Waals surface area (Å²) in [6, 6.07) is 7.86. The van der Waals surface area contributed by atoms with Crippen molar-refractivity contribution in [3.05, 3.63) is 53.6 Å². The summed E-state index contributed by atoms with van der Waals surface area (Å²) in [6.45, 7) is 4.20. The zero-order valence-electron chi connectivity index (χ0n) is 13.7. The van der Waals surface area contributed by atoms with Crippen LogP contribution in [0, 0.1) is 12.8 Å². The van der Waals surface area contributed by atoms with Gasteiger partial charge in [-0.2, -0.15) is 0 Å². The van der Waals surface area contributed by atoms with Crippen LogP contribution in [0.2, 0.25) is 0 Å². The standard InChI is InChI=1S/C19H22N2O2/c1-13-3-5-15(6-4-13)16-7-9-17(10-8-16)23-19(22)18-20-11-14(2)12-21-18/h7-13,15H,3-6H2,1-2H3. The van der Waals surface area contributed by atoms with Crippen LogP contribution in [0.3, 0.4) is 0 Å². The molecule has 1 aromatic heterocycles. The molecule has 0 amide bonds. The van der Waals surface area contributed by atoms with Crippen LogP contribution in [-0.2, 0) is 0 Å². The van der Waals surface area contributed by atoms with E-state index in [4.69, 9.17) is 4.74 Å². The molecule has 0 radical (unpaired) electrons. The van der Waals surface area contributed by atoms with Crippen molar-refractivity contribution in [1.29, 1.82) is 0 Å². The molecule has 4 heteroatoms. The number of esters is 1. The molecular formula is C19H22N2O2. The fourth-order valence-corrected chi connectivity index (χ4v) is 3.05. The van der Waals surface area contributed by atoms with Crippen LogP contribution in [0.15, 0.2) is 36.7 Å². The Hall–Kier alpha value is -2.23. The highest BCUT2D eigenvalue weighted by Crippen LogP contribution is 2.35. The largest absolute Gasteiger partial charge is 0.421 e. The van der Waals surface area contributed by atoms with Gasteiger partial charge in [0, 0.05) is 12.4 Å². The number of rotatable bonds is 3. The summed E-state index contributed by atoms with van der Waals surface area (Å²) in [6.07, 6.45) is 8.31. The number of benzene rings is 1. The van der Waals surface area contributed by atoms with Gasteiger partial charge in [-0.25, -0.2) is 14.8 Å². The molecule has 1 saturated carbocycles. The molecule has 0 N–H and O–H groups in total. The Balaban J connectivity index is 1.63. The summed E-state index contributed by atoms with van der Waals surface area (Å²) in [5.74, 6) is 1.58. The summed E-state index contributed by atoms with van der Waals surface area (Å²) in [5.41, 5.74) is 2.25. The van der Waals surface area contributed by atoms with E-state index in [-0.39, 0.29) is 5.82 Å². The maximum absolute atomic E-state index is 12.0. The Morgan fingerprint density at radius 1 is 1.04 bits per heavy atom. The van der Waals surface area contributed by atoms with Crippen molar-refractivity contribution >= 4 is 5.97 Å². The predicted octanol–water partition coefficient (Wildman–Crippen LogP) is 4.30. The monoisotopic (exact) mass is 310 g/mol. The molecule has 1 aliphatic rings. The minimum Gasteiger partial charge on any atom is -0.421 e. The minimum absolute atomic E-state index is 0.0842. The summed E-state index contributed by atoms with van der Waals surface area (Å²) < 4.78 is 5.34. The summed E-state index contributed by atoms with van der Waals surface area (Å²) in [5, 5.41) is 0. The third-order valence-corrected chi connectivity index (χ3v) is 4.54. The lowest BCUT2D eigenvalue weighted by Gasteiger charge is -2.26. The van der Waals surface area contributed by atoms with Gasteiger partial charge in [-0.1, -0.05) is 31.9 Å². The number of carbonyl (C=O) groups is 1. The van der Waals surface area contributed by atoms with Crippen LogP contribution in [0.5, 0.6) is 5.75 Å². The van der Waals surface area contributed by atoms with Gasteiger partial charge in [0.05, 0.1) is 0 Å². The van der Waals surface area contributed by atoms with E-state index < -0.39 is 5.97 Å². The van der Waals surface area contributed by atoms with Gasteiger partial charge in [0.15, 0.2) is 0 Å². The molecule has 1 aromatic carbocycles. The Bertz CT molecular complexity index is 657. The van der Waals surface area contributed by atoms with Crippen molar-refractivity contribution in [1.82, 2.24) is 9.97 Å². The molecule has 1 heterocycles. The van der Waals surface area contributed by atoms with E-state index in [1.54, 1.807) is 12.4 Å². The van der Waals surface area contributed by atoms with Gasteiger partial charge < -0.3 is 4.74 Å². The molecule has 0 aliphatic heterocycles. The van der Waals surface area contributed by atoms with Gasteiger partial charge in [0.2, 0.25) is 5.82 Å². The first-order valence-corrected chi connectivity index (χ1v) is 8.22. The second kappa shape index (κ2) is 6.90. The summed E-state index contributed by atoms with van der Waals surface area (Å²) in [4.78, 5) is 20.0. The molecule has 0 unspecified atom stereocenters. The predicted molar refractivity (Wildman–Crippen MR) is 88.5 cm³/mol. The van der Waals surface area contributed by atoms with Crippen molar-refractivity contribution in [3.63, 3.8) is 0 Å². The van der Waals surface area contributed by atoms with Gasteiger partial charge >= 0.3 is 5.97 Å². The molecule has 4 nitrogen and oxygen atoms in total. The molecule has 1 aliphatic carbocycles. The average Bonchev–Trinajstić information content (AvgIpc) is 2.57. The molecule has 23 heavy (non-hydrogen) atoms. The second-order valence-corrected chi connectivity index (χ2v) is 6.50. The molecule has 3 rings (SSSR count). The molecule has 2 aromatic rings. The van der Waals surface area contributed by atoms with Crippen LogP contribution in [0.4, 0.5) is 0 Å². The van der Waals surface area contributed by atoms with Crippen molar-refractivity contribution in [2.24, 2.45) is 5.92 Å². The zero-order chi connectivity index (χ0) is 16.2. The number of aryl methyl sites for hydroxylation is 1. The topological polar surface area (TPSA) is 52.1 Å². The molecule has 0 bridgehead atoms. The third kappa shape index (κ3) is 3.95. The molecule has 0 saturated heterocycles. The quantitative estimate of drug-likeness (QED) is 0.626. The van der Waals surface area contributed by atoms with Crippen molar-refractivity contribution in [2.45, 2.75) is 45.4 Å². The fraction of sp³-hybridized carbons (Fsp3) is 0.421. The van der Waals surface area contributed by atoms with E-state index in [9.17, 15) is 4.79 Å². The average molecular weight is 310 g/mol. The first-order chi connectivity index (χ1) is 11.1. The van der Waals surface area contributed by atoms with Crippen LogP contribution < -0.4 is 4.74 Å². The number of nitrogens with zero attached hydrogens (tertiary/aromatic N) is 2. The maximum atomic E-state index is 12.0. The van der Waals surface area contributed by atoms with Gasteiger partial charge in [-0.3, -0.25) is 0 Å². The number of aromatic nitrogens is 2. The summed E-state index contributed by atoms with van der Waals surface area (Å²) >= 11 is 0. The maximum Gasteiger partial charge on any atom is 0.381 e. The van der Waals surface area contributed by atoms with E-state index in [2.05, 4.69) is 29.0 Å². The molecule has 0 atom stereocenters. The van der Waals surface area contributed by atoms with Crippen LogP contribution in [-0.4, -0.2) is 15.9 Å². The van der Waals surface area contributed by atoms with Gasteiger partial charge in [-0.15, -0.1) is 0 Å². The van der Waals surface area contributed by atoms with Crippen LogP contribution >= 0.6 is 0 Å². The van der Waals surface area contributed by atoms with Gasteiger partial charge in [-0.05, 0) is 54.9 Å². The van der Waals surface area contributed by atoms with Crippen molar-refractivity contribution in [3.8, 4) is 5.75 Å². The SMILES string of the molecule is Cc1cnc(C(=O)Oc2ccc(C3CCC(C)CC3)cc2)nc1. The van der Waals surface area contributed by atoms with Gasteiger partial charge in [0.1, 0.15) is 5.75 Å². The Labute approximate surface area is 136 Å². The molecular weight excluding hydrogens is 288 g/mol. The van der Waals surface area contributed by atoms with E-state index in [1.807, 2.05) is 19.1 Å². The lowest BCUT2D eigenvalue weighted by molar-refractivity contribution is 0.0721. The highest BCUT2D eigenvalue weighted by atomic mass is 16.5. The van der Waals surface area contributed by atoms with E-state index in [0.717, 1.165) is 11.5 Å². The first-order valence-electron chi connectivity index (χ1n) is 8.22. The molecule has 120 valence electrons. The first kappa shape index (κ1) is 15.7. The Morgan fingerprint density at radius 3 is 2.26 bits per heavy atom. The van der Waals surface area contributed by atoms with E-state index in [1.165, 1.54) is 31.2 Å². The highest BCUT2D eigenvalue weighted by molar-refractivity contribution is 5.86. The van der Waals surface area contributed by atoms with Gasteiger partial charge in [0.25, 0.3) is 0 Å². The van der Waals surface area contributed by atoms with Crippen molar-refractivity contribution < 1.29 is 9.53 Å². The van der Waals surface area contributed by atoms with Crippen LogP contribution in [0.1, 0.15) is 60.3 Å². The lowest BCUT2D eigenvalue weighted by Crippen LogP contribution is -2.13. The molecule has 0 spiro atoms. The minimum atomic E-state index is -0.524. The Morgan fingerprint density at radius 2 is 1.65 bits per heavy atom. The van der Waals surface area contributed by atoms with E-state index >= 15 is 0 Å². The smallest absolute Gasteiger partial charge is 0.381 e. The normalized spacial score (nSPS) is 21.0. The molecule has 1 fully saturated rings. The number of hydrogen-bond acceptors (Lipinski definition) is 4. The lowest BCUT2D eigenvalue weighted by atomic mass is 9.79. The fourth-order valence-electron chi connectivity index (χ4n) is 3.05. The van der Waals surface area contributed by atoms with E-state index in [0.29, 0.717) is 11.7 Å².